The number of Topliss-reactive ketones (excluding diaryl/α,β-unsaturated/α-hetero) is 1. The zero-order valence-corrected chi connectivity index (χ0v) is 11.3. The van der Waals surface area contributed by atoms with Gasteiger partial charge >= 0.3 is 6.18 Å². The van der Waals surface area contributed by atoms with E-state index < -0.39 is 18.0 Å². The van der Waals surface area contributed by atoms with Gasteiger partial charge in [0, 0.05) is 24.8 Å². The third kappa shape index (κ3) is 3.96. The van der Waals surface area contributed by atoms with E-state index in [0.29, 0.717) is 38.5 Å². The molecule has 2 unspecified atom stereocenters. The first-order valence-corrected chi connectivity index (χ1v) is 7.25. The number of carbonyl (C=O) groups is 2. The highest BCUT2D eigenvalue weighted by Gasteiger charge is 2.43. The highest BCUT2D eigenvalue weighted by Crippen LogP contribution is 2.40. The van der Waals surface area contributed by atoms with E-state index in [1.54, 1.807) is 0 Å². The van der Waals surface area contributed by atoms with Crippen LogP contribution < -0.4 is 5.32 Å². The Hall–Kier alpha value is -1.07. The van der Waals surface area contributed by atoms with Crippen LogP contribution in [0.2, 0.25) is 0 Å². The lowest BCUT2D eigenvalue weighted by Gasteiger charge is -2.31. The lowest BCUT2D eigenvalue weighted by atomic mass is 9.80. The summed E-state index contributed by atoms with van der Waals surface area (Å²) in [6.07, 6.45) is -1.04. The summed E-state index contributed by atoms with van der Waals surface area (Å²) >= 11 is 0. The Kier molecular flexibility index (Phi) is 4.70. The zero-order chi connectivity index (χ0) is 14.8. The van der Waals surface area contributed by atoms with Crippen LogP contribution in [-0.2, 0) is 9.59 Å². The molecule has 1 N–H and O–H groups in total. The van der Waals surface area contributed by atoms with Crippen molar-refractivity contribution in [3.63, 3.8) is 0 Å². The largest absolute Gasteiger partial charge is 0.391 e. The minimum Gasteiger partial charge on any atom is -0.353 e. The predicted molar refractivity (Wildman–Crippen MR) is 66.9 cm³/mol. The van der Waals surface area contributed by atoms with E-state index in [0.717, 1.165) is 0 Å². The van der Waals surface area contributed by atoms with Gasteiger partial charge < -0.3 is 5.32 Å². The van der Waals surface area contributed by atoms with Gasteiger partial charge in [0.1, 0.15) is 5.78 Å². The highest BCUT2D eigenvalue weighted by molar-refractivity contribution is 5.81. The van der Waals surface area contributed by atoms with E-state index in [9.17, 15) is 22.8 Å². The molecule has 0 aromatic rings. The van der Waals surface area contributed by atoms with Crippen molar-refractivity contribution in [3.8, 4) is 0 Å². The molecule has 6 heteroatoms. The Bertz CT molecular complexity index is 371. The molecule has 2 aliphatic rings. The van der Waals surface area contributed by atoms with Crippen LogP contribution in [0, 0.1) is 11.8 Å². The normalized spacial score (nSPS) is 29.2. The lowest BCUT2D eigenvalue weighted by molar-refractivity contribution is -0.186. The van der Waals surface area contributed by atoms with Crippen molar-refractivity contribution >= 4 is 11.7 Å². The van der Waals surface area contributed by atoms with Crippen LogP contribution in [0.1, 0.15) is 51.4 Å². The molecular formula is C14H20F3NO2. The Morgan fingerprint density at radius 2 is 1.75 bits per heavy atom. The first-order valence-electron chi connectivity index (χ1n) is 7.25. The Labute approximate surface area is 116 Å². The quantitative estimate of drug-likeness (QED) is 0.850. The van der Waals surface area contributed by atoms with E-state index >= 15 is 0 Å². The fraction of sp³-hybridized carbons (Fsp3) is 0.857. The Morgan fingerprint density at radius 1 is 1.10 bits per heavy atom. The van der Waals surface area contributed by atoms with Crippen molar-refractivity contribution < 1.29 is 22.8 Å². The van der Waals surface area contributed by atoms with Gasteiger partial charge in [0.15, 0.2) is 0 Å². The maximum atomic E-state index is 12.7. The van der Waals surface area contributed by atoms with Gasteiger partial charge in [-0.25, -0.2) is 0 Å². The molecule has 3 nitrogen and oxygen atoms in total. The minimum absolute atomic E-state index is 0.0496. The summed E-state index contributed by atoms with van der Waals surface area (Å²) in [5.41, 5.74) is 0. The third-order valence-corrected chi connectivity index (χ3v) is 4.40. The summed E-state index contributed by atoms with van der Waals surface area (Å²) in [6.45, 7) is 0. The molecule has 0 aromatic carbocycles. The van der Waals surface area contributed by atoms with Crippen molar-refractivity contribution in [2.24, 2.45) is 11.8 Å². The van der Waals surface area contributed by atoms with Gasteiger partial charge in [-0.05, 0) is 32.1 Å². The molecule has 0 aromatic heterocycles. The van der Waals surface area contributed by atoms with Gasteiger partial charge in [-0.1, -0.05) is 6.42 Å². The van der Waals surface area contributed by atoms with Crippen LogP contribution >= 0.6 is 0 Å². The standard InChI is InChI=1S/C14H20F3NO2/c15-14(16,17)10-3-1-2-9(8-10)13(20)18-11-4-6-12(19)7-5-11/h9-11H,1-8H2,(H,18,20). The fourth-order valence-corrected chi connectivity index (χ4v) is 3.13. The Morgan fingerprint density at radius 3 is 2.35 bits per heavy atom. The van der Waals surface area contributed by atoms with Crippen molar-refractivity contribution in [1.29, 1.82) is 0 Å². The van der Waals surface area contributed by atoms with E-state index in [4.69, 9.17) is 0 Å². The molecule has 2 aliphatic carbocycles. The average Bonchev–Trinajstić information content (AvgIpc) is 2.40. The lowest BCUT2D eigenvalue weighted by Crippen LogP contribution is -2.43. The van der Waals surface area contributed by atoms with Crippen LogP contribution in [-0.4, -0.2) is 23.9 Å². The van der Waals surface area contributed by atoms with Gasteiger partial charge in [-0.2, -0.15) is 13.2 Å². The molecule has 20 heavy (non-hydrogen) atoms. The SMILES string of the molecule is O=C1CCC(NC(=O)C2CCCC(C(F)(F)F)C2)CC1. The molecule has 2 rings (SSSR count). The average molecular weight is 291 g/mol. The molecule has 0 aliphatic heterocycles. The number of nitrogens with one attached hydrogen (secondary N) is 1. The van der Waals surface area contributed by atoms with Crippen LogP contribution in [0.15, 0.2) is 0 Å². The van der Waals surface area contributed by atoms with Crippen molar-refractivity contribution in [2.75, 3.05) is 0 Å². The second-order valence-corrected chi connectivity index (χ2v) is 5.92. The highest BCUT2D eigenvalue weighted by atomic mass is 19.4. The molecule has 1 amide bonds. The number of halogens is 3. The molecule has 2 fully saturated rings. The smallest absolute Gasteiger partial charge is 0.353 e. The topological polar surface area (TPSA) is 46.2 Å². The summed E-state index contributed by atoms with van der Waals surface area (Å²) in [6, 6.07) is -0.0496. The molecule has 2 atom stereocenters. The first kappa shape index (κ1) is 15.3. The summed E-state index contributed by atoms with van der Waals surface area (Å²) in [5, 5.41) is 2.82. The fourth-order valence-electron chi connectivity index (χ4n) is 3.13. The van der Waals surface area contributed by atoms with Gasteiger partial charge in [0.2, 0.25) is 5.91 Å². The van der Waals surface area contributed by atoms with E-state index in [1.165, 1.54) is 0 Å². The van der Waals surface area contributed by atoms with E-state index in [-0.39, 0.29) is 30.6 Å². The molecule has 0 bridgehead atoms. The molecule has 0 spiro atoms. The molecule has 0 saturated heterocycles. The van der Waals surface area contributed by atoms with E-state index in [1.807, 2.05) is 0 Å². The van der Waals surface area contributed by atoms with Crippen molar-refractivity contribution in [2.45, 2.75) is 63.6 Å². The maximum Gasteiger partial charge on any atom is 0.391 e. The second-order valence-electron chi connectivity index (χ2n) is 5.92. The zero-order valence-electron chi connectivity index (χ0n) is 11.3. The predicted octanol–water partition coefficient (Wildman–Crippen LogP) is 2.98. The van der Waals surface area contributed by atoms with Gasteiger partial charge in [0.25, 0.3) is 0 Å². The number of ketones is 1. The van der Waals surface area contributed by atoms with Gasteiger partial charge in [0.05, 0.1) is 5.92 Å². The molecule has 2 saturated carbocycles. The summed E-state index contributed by atoms with van der Waals surface area (Å²) < 4.78 is 38.1. The summed E-state index contributed by atoms with van der Waals surface area (Å²) in [4.78, 5) is 23.2. The summed E-state index contributed by atoms with van der Waals surface area (Å²) in [5.74, 6) is -1.95. The molecule has 0 heterocycles. The van der Waals surface area contributed by atoms with Crippen LogP contribution in [0.25, 0.3) is 0 Å². The van der Waals surface area contributed by atoms with Crippen LogP contribution in [0.3, 0.4) is 0 Å². The first-order chi connectivity index (χ1) is 9.36. The van der Waals surface area contributed by atoms with Crippen molar-refractivity contribution in [3.05, 3.63) is 0 Å². The van der Waals surface area contributed by atoms with Crippen LogP contribution in [0.4, 0.5) is 13.2 Å². The second kappa shape index (κ2) is 6.14. The number of hydrogen-bond donors (Lipinski definition) is 1. The number of amides is 1. The molecular weight excluding hydrogens is 271 g/mol. The molecule has 114 valence electrons. The maximum absolute atomic E-state index is 12.7. The van der Waals surface area contributed by atoms with Gasteiger partial charge in [-0.15, -0.1) is 0 Å². The van der Waals surface area contributed by atoms with Crippen molar-refractivity contribution in [1.82, 2.24) is 5.32 Å². The number of carbonyl (C=O) groups excluding carboxylic acids is 2. The van der Waals surface area contributed by atoms with Gasteiger partial charge in [-0.3, -0.25) is 9.59 Å². The number of hydrogen-bond acceptors (Lipinski definition) is 2. The minimum atomic E-state index is -4.20. The van der Waals surface area contributed by atoms with Crippen LogP contribution in [0.5, 0.6) is 0 Å². The Balaban J connectivity index is 1.84. The number of rotatable bonds is 2. The molecule has 0 radical (unpaired) electrons. The summed E-state index contributed by atoms with van der Waals surface area (Å²) in [7, 11) is 0. The number of alkyl halides is 3. The van der Waals surface area contributed by atoms with E-state index in [2.05, 4.69) is 5.32 Å². The monoisotopic (exact) mass is 291 g/mol. The third-order valence-electron chi connectivity index (χ3n) is 4.40.